The number of para-hydroxylation sites is 1. The fourth-order valence-corrected chi connectivity index (χ4v) is 3.68. The van der Waals surface area contributed by atoms with Crippen molar-refractivity contribution in [2.24, 2.45) is 4.99 Å². The monoisotopic (exact) mass is 429 g/mol. The zero-order valence-corrected chi connectivity index (χ0v) is 18.0. The fourth-order valence-electron chi connectivity index (χ4n) is 3.68. The van der Waals surface area contributed by atoms with Gasteiger partial charge in [-0.05, 0) is 28.8 Å². The van der Waals surface area contributed by atoms with Crippen molar-refractivity contribution in [3.63, 3.8) is 0 Å². The smallest absolute Gasteiger partial charge is 0.225 e. The largest absolute Gasteiger partial charge is 0.473 e. The van der Waals surface area contributed by atoms with Crippen molar-refractivity contribution in [2.45, 2.75) is 25.5 Å². The van der Waals surface area contributed by atoms with Gasteiger partial charge in [-0.15, -0.1) is 0 Å². The van der Waals surface area contributed by atoms with E-state index in [2.05, 4.69) is 32.0 Å². The van der Waals surface area contributed by atoms with Gasteiger partial charge >= 0.3 is 0 Å². The number of hydrogen-bond donors (Lipinski definition) is 3. The molecule has 1 unspecified atom stereocenters. The van der Waals surface area contributed by atoms with Crippen molar-refractivity contribution in [1.29, 1.82) is 0 Å². The molecule has 32 heavy (non-hydrogen) atoms. The molecule has 0 radical (unpaired) electrons. The van der Waals surface area contributed by atoms with Crippen LogP contribution < -0.4 is 20.7 Å². The predicted octanol–water partition coefficient (Wildman–Crippen LogP) is 3.45. The van der Waals surface area contributed by atoms with Gasteiger partial charge in [0, 0.05) is 50.4 Å². The standard InChI is InChI=1S/C25H27N5O2/c1-26-25(29-16-20-14-23(31)30-22-10-6-5-9-21(20)22)28-15-19-11-12-27-24(13-19)32-17-18-7-3-2-4-8-18/h2-13,20H,14-17H2,1H3,(H,30,31)(H2,26,28,29). The third-order valence-corrected chi connectivity index (χ3v) is 5.33. The lowest BCUT2D eigenvalue weighted by molar-refractivity contribution is -0.116. The summed E-state index contributed by atoms with van der Waals surface area (Å²) >= 11 is 0. The highest BCUT2D eigenvalue weighted by molar-refractivity contribution is 5.94. The Kier molecular flexibility index (Phi) is 6.97. The van der Waals surface area contributed by atoms with E-state index in [4.69, 9.17) is 4.74 Å². The van der Waals surface area contributed by atoms with Gasteiger partial charge in [0.15, 0.2) is 5.96 Å². The lowest BCUT2D eigenvalue weighted by Gasteiger charge is -2.26. The van der Waals surface area contributed by atoms with Crippen LogP contribution in [0.4, 0.5) is 5.69 Å². The molecule has 0 spiro atoms. The first-order valence-electron chi connectivity index (χ1n) is 10.7. The zero-order chi connectivity index (χ0) is 22.2. The number of rotatable bonds is 7. The number of carbonyl (C=O) groups excluding carboxylic acids is 1. The molecule has 1 amide bonds. The lowest BCUT2D eigenvalue weighted by Crippen LogP contribution is -2.40. The van der Waals surface area contributed by atoms with Crippen LogP contribution in [-0.2, 0) is 17.9 Å². The summed E-state index contributed by atoms with van der Waals surface area (Å²) in [6, 6.07) is 21.8. The molecule has 0 bridgehead atoms. The van der Waals surface area contributed by atoms with Crippen LogP contribution >= 0.6 is 0 Å². The summed E-state index contributed by atoms with van der Waals surface area (Å²) in [4.78, 5) is 20.6. The SMILES string of the molecule is CN=C(NCc1ccnc(OCc2ccccc2)c1)NCC1CC(=O)Nc2ccccc21. The summed E-state index contributed by atoms with van der Waals surface area (Å²) < 4.78 is 5.81. The van der Waals surface area contributed by atoms with Gasteiger partial charge < -0.3 is 20.7 Å². The maximum atomic E-state index is 12.0. The van der Waals surface area contributed by atoms with Crippen LogP contribution in [0.15, 0.2) is 77.9 Å². The van der Waals surface area contributed by atoms with Crippen LogP contribution in [0.5, 0.6) is 5.88 Å². The summed E-state index contributed by atoms with van der Waals surface area (Å²) in [5.74, 6) is 1.40. The second kappa shape index (κ2) is 10.4. The molecule has 7 nitrogen and oxygen atoms in total. The number of carbonyl (C=O) groups is 1. The van der Waals surface area contributed by atoms with Crippen molar-refractivity contribution in [3.8, 4) is 5.88 Å². The Morgan fingerprint density at radius 1 is 1.09 bits per heavy atom. The molecule has 0 fully saturated rings. The van der Waals surface area contributed by atoms with Crippen molar-refractivity contribution >= 4 is 17.6 Å². The first-order chi connectivity index (χ1) is 15.7. The molecule has 164 valence electrons. The first-order valence-corrected chi connectivity index (χ1v) is 10.7. The molecular formula is C25H27N5O2. The molecular weight excluding hydrogens is 402 g/mol. The predicted molar refractivity (Wildman–Crippen MR) is 126 cm³/mol. The van der Waals surface area contributed by atoms with E-state index in [-0.39, 0.29) is 11.8 Å². The number of nitrogens with one attached hydrogen (secondary N) is 3. The third-order valence-electron chi connectivity index (χ3n) is 5.33. The lowest BCUT2D eigenvalue weighted by atomic mass is 9.90. The number of ether oxygens (including phenoxy) is 1. The van der Waals surface area contributed by atoms with Gasteiger partial charge in [-0.3, -0.25) is 9.79 Å². The summed E-state index contributed by atoms with van der Waals surface area (Å²) in [5, 5.41) is 9.59. The Balaban J connectivity index is 1.30. The topological polar surface area (TPSA) is 87.6 Å². The number of anilines is 1. The van der Waals surface area contributed by atoms with E-state index in [1.54, 1.807) is 13.2 Å². The zero-order valence-electron chi connectivity index (χ0n) is 18.0. The summed E-state index contributed by atoms with van der Waals surface area (Å²) in [5.41, 5.74) is 4.16. The van der Waals surface area contributed by atoms with Gasteiger partial charge in [-0.25, -0.2) is 4.98 Å². The molecule has 3 N–H and O–H groups in total. The quantitative estimate of drug-likeness (QED) is 0.396. The van der Waals surface area contributed by atoms with Crippen molar-refractivity contribution in [2.75, 3.05) is 18.9 Å². The Labute approximate surface area is 187 Å². The van der Waals surface area contributed by atoms with E-state index in [1.807, 2.05) is 60.7 Å². The maximum Gasteiger partial charge on any atom is 0.225 e. The van der Waals surface area contributed by atoms with E-state index < -0.39 is 0 Å². The number of benzene rings is 2. The van der Waals surface area contributed by atoms with Gasteiger partial charge in [-0.1, -0.05) is 48.5 Å². The Morgan fingerprint density at radius 2 is 1.91 bits per heavy atom. The Hall–Kier alpha value is -3.87. The highest BCUT2D eigenvalue weighted by Crippen LogP contribution is 2.31. The van der Waals surface area contributed by atoms with E-state index >= 15 is 0 Å². The molecule has 7 heteroatoms. The van der Waals surface area contributed by atoms with Gasteiger partial charge in [0.2, 0.25) is 11.8 Å². The van der Waals surface area contributed by atoms with Gasteiger partial charge in [-0.2, -0.15) is 0 Å². The molecule has 0 saturated carbocycles. The minimum atomic E-state index is 0.0401. The van der Waals surface area contributed by atoms with E-state index in [0.29, 0.717) is 38.0 Å². The molecule has 4 rings (SSSR count). The van der Waals surface area contributed by atoms with Crippen LogP contribution in [0.3, 0.4) is 0 Å². The van der Waals surface area contributed by atoms with Crippen LogP contribution in [0.2, 0.25) is 0 Å². The Morgan fingerprint density at radius 3 is 2.75 bits per heavy atom. The molecule has 0 aliphatic carbocycles. The summed E-state index contributed by atoms with van der Waals surface area (Å²) in [7, 11) is 1.73. The summed E-state index contributed by atoms with van der Waals surface area (Å²) in [6.45, 7) is 1.67. The van der Waals surface area contributed by atoms with Crippen LogP contribution in [0.1, 0.15) is 29.0 Å². The van der Waals surface area contributed by atoms with Crippen molar-refractivity contribution in [3.05, 3.63) is 89.6 Å². The van der Waals surface area contributed by atoms with Gasteiger partial charge in [0.05, 0.1) is 0 Å². The van der Waals surface area contributed by atoms with Crippen molar-refractivity contribution < 1.29 is 9.53 Å². The maximum absolute atomic E-state index is 12.0. The number of aromatic nitrogens is 1. The number of aliphatic imine (C=N–C) groups is 1. The normalized spacial score (nSPS) is 15.5. The molecule has 1 aromatic heterocycles. The fraction of sp³-hybridized carbons (Fsp3) is 0.240. The highest BCUT2D eigenvalue weighted by atomic mass is 16.5. The molecule has 1 aliphatic heterocycles. The molecule has 1 atom stereocenters. The minimum absolute atomic E-state index is 0.0401. The number of hydrogen-bond acceptors (Lipinski definition) is 4. The van der Waals surface area contributed by atoms with Crippen LogP contribution in [-0.4, -0.2) is 30.4 Å². The van der Waals surface area contributed by atoms with Gasteiger partial charge in [0.1, 0.15) is 6.61 Å². The number of guanidine groups is 1. The Bertz CT molecular complexity index is 1080. The number of pyridine rings is 1. The number of fused-ring (bicyclic) bond motifs is 1. The second-order valence-electron chi connectivity index (χ2n) is 7.62. The van der Waals surface area contributed by atoms with Crippen LogP contribution in [0.25, 0.3) is 0 Å². The van der Waals surface area contributed by atoms with Crippen LogP contribution in [0, 0.1) is 0 Å². The molecule has 1 aliphatic rings. The minimum Gasteiger partial charge on any atom is -0.473 e. The molecule has 2 aromatic carbocycles. The summed E-state index contributed by atoms with van der Waals surface area (Å²) in [6.07, 6.45) is 2.19. The highest BCUT2D eigenvalue weighted by Gasteiger charge is 2.24. The van der Waals surface area contributed by atoms with Gasteiger partial charge in [0.25, 0.3) is 0 Å². The first kappa shape index (κ1) is 21.4. The number of nitrogens with zero attached hydrogens (tertiary/aromatic N) is 2. The van der Waals surface area contributed by atoms with Crippen molar-refractivity contribution in [1.82, 2.24) is 15.6 Å². The second-order valence-corrected chi connectivity index (χ2v) is 7.62. The van der Waals surface area contributed by atoms with E-state index in [0.717, 1.165) is 22.4 Å². The average Bonchev–Trinajstić information content (AvgIpc) is 2.83. The average molecular weight is 430 g/mol. The van der Waals surface area contributed by atoms with E-state index in [9.17, 15) is 4.79 Å². The molecule has 0 saturated heterocycles. The third kappa shape index (κ3) is 5.63. The molecule has 2 heterocycles. The number of amides is 1. The molecule has 3 aromatic rings. The van der Waals surface area contributed by atoms with E-state index in [1.165, 1.54) is 0 Å².